The first-order chi connectivity index (χ1) is 8.77. The Morgan fingerprint density at radius 3 is 3.05 bits per heavy atom. The van der Waals surface area contributed by atoms with Crippen molar-refractivity contribution in [2.75, 3.05) is 26.2 Å². The summed E-state index contributed by atoms with van der Waals surface area (Å²) in [6.45, 7) is 7.18. The second kappa shape index (κ2) is 6.25. The lowest BCUT2D eigenvalue weighted by Crippen LogP contribution is -2.42. The van der Waals surface area contributed by atoms with E-state index < -0.39 is 0 Å². The summed E-state index contributed by atoms with van der Waals surface area (Å²) in [5, 5.41) is 3.50. The molecule has 5 heteroatoms. The number of aromatic nitrogens is 2. The van der Waals surface area contributed by atoms with Gasteiger partial charge in [-0.2, -0.15) is 0 Å². The number of likely N-dealkylation sites (tertiary alicyclic amines) is 1. The standard InChI is InChI=1S/C14H24N4.ClH/c1-14(5-6-15-10-14)11-18-9-3-2-4-12(18)13-16-7-8-17-13;/h7-8,12,15H,2-6,9-11H2,1H3,(H,16,17);1H. The van der Waals surface area contributed by atoms with Crippen molar-refractivity contribution in [3.63, 3.8) is 0 Å². The Hall–Kier alpha value is -0.580. The van der Waals surface area contributed by atoms with Crippen LogP contribution in [0.3, 0.4) is 0 Å². The van der Waals surface area contributed by atoms with Crippen LogP contribution in [0, 0.1) is 5.41 Å². The van der Waals surface area contributed by atoms with Gasteiger partial charge in [0.25, 0.3) is 0 Å². The third-order valence-electron chi connectivity index (χ3n) is 4.49. The van der Waals surface area contributed by atoms with Crippen molar-refractivity contribution in [2.24, 2.45) is 5.41 Å². The van der Waals surface area contributed by atoms with Crippen LogP contribution in [0.2, 0.25) is 0 Å². The zero-order chi connectivity index (χ0) is 12.4. The van der Waals surface area contributed by atoms with Crippen molar-refractivity contribution in [1.29, 1.82) is 0 Å². The molecule has 2 aliphatic rings. The van der Waals surface area contributed by atoms with Gasteiger partial charge in [-0.3, -0.25) is 4.90 Å². The Morgan fingerprint density at radius 2 is 2.37 bits per heavy atom. The molecule has 2 unspecified atom stereocenters. The molecule has 2 atom stereocenters. The lowest BCUT2D eigenvalue weighted by molar-refractivity contribution is 0.0917. The summed E-state index contributed by atoms with van der Waals surface area (Å²) >= 11 is 0. The first kappa shape index (κ1) is 14.8. The van der Waals surface area contributed by atoms with Gasteiger partial charge in [0.15, 0.2) is 0 Å². The molecule has 1 aromatic heterocycles. The lowest BCUT2D eigenvalue weighted by Gasteiger charge is -2.39. The highest BCUT2D eigenvalue weighted by molar-refractivity contribution is 5.85. The van der Waals surface area contributed by atoms with Crippen molar-refractivity contribution in [2.45, 2.75) is 38.6 Å². The number of hydrogen-bond donors (Lipinski definition) is 2. The normalized spacial score (nSPS) is 32.2. The molecule has 0 amide bonds. The van der Waals surface area contributed by atoms with Crippen LogP contribution in [-0.4, -0.2) is 41.0 Å². The molecule has 0 spiro atoms. The average Bonchev–Trinajstić information content (AvgIpc) is 3.01. The zero-order valence-electron chi connectivity index (χ0n) is 11.7. The molecule has 2 aliphatic heterocycles. The first-order valence-electron chi connectivity index (χ1n) is 7.21. The highest BCUT2D eigenvalue weighted by atomic mass is 35.5. The molecule has 108 valence electrons. The van der Waals surface area contributed by atoms with Gasteiger partial charge in [-0.05, 0) is 37.8 Å². The minimum Gasteiger partial charge on any atom is -0.347 e. The van der Waals surface area contributed by atoms with Gasteiger partial charge in [-0.15, -0.1) is 12.4 Å². The predicted molar refractivity (Wildman–Crippen MR) is 79.6 cm³/mol. The number of rotatable bonds is 3. The maximum Gasteiger partial charge on any atom is 0.123 e. The van der Waals surface area contributed by atoms with Gasteiger partial charge in [-0.25, -0.2) is 4.98 Å². The molecule has 0 saturated carbocycles. The van der Waals surface area contributed by atoms with Crippen molar-refractivity contribution in [1.82, 2.24) is 20.2 Å². The summed E-state index contributed by atoms with van der Waals surface area (Å²) in [4.78, 5) is 10.4. The molecule has 19 heavy (non-hydrogen) atoms. The van der Waals surface area contributed by atoms with Crippen LogP contribution >= 0.6 is 12.4 Å². The van der Waals surface area contributed by atoms with E-state index in [-0.39, 0.29) is 12.4 Å². The van der Waals surface area contributed by atoms with Gasteiger partial charge < -0.3 is 10.3 Å². The molecule has 3 heterocycles. The van der Waals surface area contributed by atoms with Crippen LogP contribution in [0.15, 0.2) is 12.4 Å². The summed E-state index contributed by atoms with van der Waals surface area (Å²) in [5.41, 5.74) is 0.447. The Bertz CT molecular complexity index is 373. The van der Waals surface area contributed by atoms with E-state index >= 15 is 0 Å². The lowest BCUT2D eigenvalue weighted by atomic mass is 9.87. The third-order valence-corrected chi connectivity index (χ3v) is 4.49. The predicted octanol–water partition coefficient (Wildman–Crippen LogP) is 2.36. The Balaban J connectivity index is 0.00000133. The smallest absolute Gasteiger partial charge is 0.123 e. The Morgan fingerprint density at radius 1 is 1.47 bits per heavy atom. The molecule has 4 nitrogen and oxygen atoms in total. The topological polar surface area (TPSA) is 44.0 Å². The molecule has 0 radical (unpaired) electrons. The molecule has 2 saturated heterocycles. The van der Waals surface area contributed by atoms with Crippen LogP contribution in [-0.2, 0) is 0 Å². The molecule has 0 aliphatic carbocycles. The van der Waals surface area contributed by atoms with Crippen molar-refractivity contribution in [3.05, 3.63) is 18.2 Å². The SMILES string of the molecule is CC1(CN2CCCCC2c2ncc[nH]2)CCNC1.Cl. The van der Waals surface area contributed by atoms with Crippen molar-refractivity contribution in [3.8, 4) is 0 Å². The van der Waals surface area contributed by atoms with Crippen molar-refractivity contribution < 1.29 is 0 Å². The van der Waals surface area contributed by atoms with E-state index in [9.17, 15) is 0 Å². The fourth-order valence-corrected chi connectivity index (χ4v) is 3.44. The van der Waals surface area contributed by atoms with E-state index in [1.54, 1.807) is 0 Å². The largest absolute Gasteiger partial charge is 0.347 e. The third kappa shape index (κ3) is 3.30. The van der Waals surface area contributed by atoms with Gasteiger partial charge in [0.1, 0.15) is 5.82 Å². The monoisotopic (exact) mass is 284 g/mol. The van der Waals surface area contributed by atoms with Crippen LogP contribution in [0.4, 0.5) is 0 Å². The highest BCUT2D eigenvalue weighted by Gasteiger charge is 2.35. The maximum absolute atomic E-state index is 4.47. The molecule has 1 aromatic rings. The van der Waals surface area contributed by atoms with Gasteiger partial charge >= 0.3 is 0 Å². The fraction of sp³-hybridized carbons (Fsp3) is 0.786. The average molecular weight is 285 g/mol. The van der Waals surface area contributed by atoms with Crippen molar-refractivity contribution >= 4 is 12.4 Å². The van der Waals surface area contributed by atoms with E-state index in [0.717, 1.165) is 12.4 Å². The maximum atomic E-state index is 4.47. The van der Waals surface area contributed by atoms with E-state index in [1.165, 1.54) is 45.3 Å². The Labute approximate surface area is 121 Å². The van der Waals surface area contributed by atoms with Gasteiger partial charge in [0.2, 0.25) is 0 Å². The summed E-state index contributed by atoms with van der Waals surface area (Å²) in [6, 6.07) is 0.506. The van der Waals surface area contributed by atoms with Crippen LogP contribution in [0.25, 0.3) is 0 Å². The fourth-order valence-electron chi connectivity index (χ4n) is 3.44. The van der Waals surface area contributed by atoms with Gasteiger partial charge in [-0.1, -0.05) is 13.3 Å². The summed E-state index contributed by atoms with van der Waals surface area (Å²) < 4.78 is 0. The van der Waals surface area contributed by atoms with E-state index in [0.29, 0.717) is 11.5 Å². The highest BCUT2D eigenvalue weighted by Crippen LogP contribution is 2.34. The number of aromatic amines is 1. The van der Waals surface area contributed by atoms with Gasteiger partial charge in [0.05, 0.1) is 6.04 Å². The molecule has 0 aromatic carbocycles. The molecule has 2 N–H and O–H groups in total. The second-order valence-corrected chi connectivity index (χ2v) is 6.19. The number of H-pyrrole nitrogens is 1. The number of halogens is 1. The van der Waals surface area contributed by atoms with Crippen LogP contribution in [0.5, 0.6) is 0 Å². The number of piperidine rings is 1. The molecule has 3 rings (SSSR count). The summed E-state index contributed by atoms with van der Waals surface area (Å²) in [5.74, 6) is 1.16. The minimum absolute atomic E-state index is 0. The summed E-state index contributed by atoms with van der Waals surface area (Å²) in [7, 11) is 0. The number of nitrogens with one attached hydrogen (secondary N) is 2. The molecule has 0 bridgehead atoms. The van der Waals surface area contributed by atoms with Gasteiger partial charge in [0, 0.05) is 25.5 Å². The molecular weight excluding hydrogens is 260 g/mol. The van der Waals surface area contributed by atoms with E-state index in [2.05, 4.69) is 27.1 Å². The first-order valence-corrected chi connectivity index (χ1v) is 7.21. The number of hydrogen-bond acceptors (Lipinski definition) is 3. The van der Waals surface area contributed by atoms with Crippen LogP contribution in [0.1, 0.15) is 44.5 Å². The van der Waals surface area contributed by atoms with E-state index in [4.69, 9.17) is 0 Å². The quantitative estimate of drug-likeness (QED) is 0.896. The minimum atomic E-state index is 0. The zero-order valence-corrected chi connectivity index (χ0v) is 12.5. The van der Waals surface area contributed by atoms with E-state index in [1.807, 2.05) is 12.4 Å². The molecular formula is C14H25ClN4. The number of imidazole rings is 1. The second-order valence-electron chi connectivity index (χ2n) is 6.19. The van der Waals surface area contributed by atoms with Crippen LogP contribution < -0.4 is 5.32 Å². The Kier molecular flexibility index (Phi) is 4.87. The summed E-state index contributed by atoms with van der Waals surface area (Å²) in [6.07, 6.45) is 9.03. The number of nitrogens with zero attached hydrogens (tertiary/aromatic N) is 2. The molecule has 2 fully saturated rings.